The molecule has 0 saturated carbocycles. The molecular weight excluding hydrogens is 586 g/mol. The Morgan fingerprint density at radius 3 is 2.14 bits per heavy atom. The lowest BCUT2D eigenvalue weighted by Crippen LogP contribution is -2.45. The van der Waals surface area contributed by atoms with Crippen molar-refractivity contribution >= 4 is 33.3 Å². The summed E-state index contributed by atoms with van der Waals surface area (Å²) in [5, 5.41) is 10.4. The van der Waals surface area contributed by atoms with Crippen LogP contribution in [0.3, 0.4) is 0 Å². The summed E-state index contributed by atoms with van der Waals surface area (Å²) in [5.41, 5.74) is 3.07. The van der Waals surface area contributed by atoms with Gasteiger partial charge in [-0.05, 0) is 67.3 Å². The third kappa shape index (κ3) is 4.73. The van der Waals surface area contributed by atoms with Crippen molar-refractivity contribution in [3.8, 4) is 17.2 Å². The van der Waals surface area contributed by atoms with E-state index in [4.69, 9.17) is 13.7 Å². The fraction of sp³-hybridized carbons (Fsp3) is 0.242. The molecule has 0 fully saturated rings. The molecule has 0 bridgehead atoms. The van der Waals surface area contributed by atoms with E-state index in [9.17, 15) is 27.9 Å². The summed E-state index contributed by atoms with van der Waals surface area (Å²) < 4.78 is 43.6. The quantitative estimate of drug-likeness (QED) is 0.306. The molecule has 0 aromatic heterocycles. The first-order chi connectivity index (χ1) is 21.1. The van der Waals surface area contributed by atoms with Crippen LogP contribution in [0.2, 0.25) is 0 Å². The van der Waals surface area contributed by atoms with Crippen molar-refractivity contribution < 1.29 is 41.6 Å². The molecule has 226 valence electrons. The Labute approximate surface area is 254 Å². The van der Waals surface area contributed by atoms with Crippen LogP contribution in [0.1, 0.15) is 50.2 Å². The molecule has 3 aliphatic rings. The number of fused-ring (bicyclic) bond motifs is 4. The highest BCUT2D eigenvalue weighted by molar-refractivity contribution is 7.87. The van der Waals surface area contributed by atoms with E-state index in [1.807, 2.05) is 6.92 Å². The molecule has 10 nitrogen and oxygen atoms in total. The van der Waals surface area contributed by atoms with Gasteiger partial charge in [0.15, 0.2) is 23.0 Å². The number of nitrogens with zero attached hydrogens (tertiary/aromatic N) is 1. The minimum absolute atomic E-state index is 0.00421. The van der Waals surface area contributed by atoms with Crippen LogP contribution in [0.5, 0.6) is 17.2 Å². The first kappa shape index (κ1) is 29.2. The highest BCUT2D eigenvalue weighted by Crippen LogP contribution is 2.51. The Bertz CT molecular complexity index is 1860. The summed E-state index contributed by atoms with van der Waals surface area (Å²) in [7, 11) is -1.53. The number of aliphatic hydroxyl groups excluding tert-OH is 1. The molecule has 11 heteroatoms. The molecule has 1 heterocycles. The smallest absolute Gasteiger partial charge is 0.339 e. The molecule has 0 radical (unpaired) electrons. The van der Waals surface area contributed by atoms with Crippen molar-refractivity contribution in [1.82, 2.24) is 4.90 Å². The number of aliphatic hydroxyl groups is 1. The van der Waals surface area contributed by atoms with Crippen LogP contribution in [0.15, 0.2) is 77.4 Å². The van der Waals surface area contributed by atoms with Crippen molar-refractivity contribution in [2.75, 3.05) is 14.2 Å². The van der Waals surface area contributed by atoms with Crippen molar-refractivity contribution in [3.05, 3.63) is 100 Å². The van der Waals surface area contributed by atoms with Crippen LogP contribution in [0.25, 0.3) is 5.57 Å². The number of ketones is 1. The summed E-state index contributed by atoms with van der Waals surface area (Å²) >= 11 is 0. The molecule has 0 saturated heterocycles. The van der Waals surface area contributed by atoms with Gasteiger partial charge in [0.1, 0.15) is 4.90 Å². The van der Waals surface area contributed by atoms with Crippen molar-refractivity contribution in [1.29, 1.82) is 0 Å². The first-order valence-electron chi connectivity index (χ1n) is 14.0. The Balaban J connectivity index is 1.50. The number of rotatable bonds is 6. The highest BCUT2D eigenvalue weighted by Gasteiger charge is 2.46. The Kier molecular flexibility index (Phi) is 7.28. The lowest BCUT2D eigenvalue weighted by atomic mass is 9.83. The monoisotopic (exact) mass is 615 g/mol. The number of hydrogen-bond acceptors (Lipinski definition) is 9. The summed E-state index contributed by atoms with van der Waals surface area (Å²) in [6.07, 6.45) is 3.19. The number of benzene rings is 3. The third-order valence-corrected chi connectivity index (χ3v) is 9.58. The molecule has 1 N–H and O–H groups in total. The molecular formula is C33H29NO9S. The molecule has 44 heavy (non-hydrogen) atoms. The zero-order valence-electron chi connectivity index (χ0n) is 24.2. The molecule has 3 aromatic rings. The average molecular weight is 616 g/mol. The van der Waals surface area contributed by atoms with Gasteiger partial charge in [-0.1, -0.05) is 35.9 Å². The van der Waals surface area contributed by atoms with Gasteiger partial charge in [-0.2, -0.15) is 8.42 Å². The number of amides is 2. The van der Waals surface area contributed by atoms with Gasteiger partial charge in [-0.15, -0.1) is 0 Å². The van der Waals surface area contributed by atoms with E-state index in [1.165, 1.54) is 37.3 Å². The Hall–Kier alpha value is -4.90. The largest absolute Gasteiger partial charge is 0.504 e. The minimum Gasteiger partial charge on any atom is -0.504 e. The third-order valence-electron chi connectivity index (χ3n) is 8.33. The summed E-state index contributed by atoms with van der Waals surface area (Å²) in [6.45, 7) is 1.84. The van der Waals surface area contributed by atoms with E-state index in [-0.39, 0.29) is 52.5 Å². The number of carbonyl (C=O) groups is 3. The predicted molar refractivity (Wildman–Crippen MR) is 159 cm³/mol. The summed E-state index contributed by atoms with van der Waals surface area (Å²) in [4.78, 5) is 41.3. The fourth-order valence-electron chi connectivity index (χ4n) is 6.24. The van der Waals surface area contributed by atoms with Crippen LogP contribution in [0, 0.1) is 12.8 Å². The number of imide groups is 1. The van der Waals surface area contributed by atoms with Gasteiger partial charge >= 0.3 is 10.1 Å². The second-order valence-corrected chi connectivity index (χ2v) is 12.4. The van der Waals surface area contributed by atoms with E-state index in [0.717, 1.165) is 5.56 Å². The second-order valence-electron chi connectivity index (χ2n) is 10.9. The van der Waals surface area contributed by atoms with E-state index >= 15 is 0 Å². The van der Waals surface area contributed by atoms with Gasteiger partial charge in [0.05, 0.1) is 25.3 Å². The van der Waals surface area contributed by atoms with Crippen LogP contribution in [-0.2, 0) is 21.3 Å². The van der Waals surface area contributed by atoms with Gasteiger partial charge in [0, 0.05) is 23.9 Å². The van der Waals surface area contributed by atoms with Crippen molar-refractivity contribution in [2.24, 2.45) is 5.92 Å². The van der Waals surface area contributed by atoms with Crippen LogP contribution in [-0.4, -0.2) is 56.3 Å². The highest BCUT2D eigenvalue weighted by atomic mass is 32.2. The molecule has 6 rings (SSSR count). The first-order valence-corrected chi connectivity index (χ1v) is 15.4. The summed E-state index contributed by atoms with van der Waals surface area (Å²) in [5.74, 6) is -2.59. The van der Waals surface area contributed by atoms with Gasteiger partial charge in [0.25, 0.3) is 11.8 Å². The number of aryl methyl sites for hydroxylation is 2. The zero-order valence-corrected chi connectivity index (χ0v) is 25.0. The van der Waals surface area contributed by atoms with Crippen LogP contribution < -0.4 is 13.7 Å². The lowest BCUT2D eigenvalue weighted by molar-refractivity contribution is -0.118. The number of methoxy groups -OCH3 is 2. The lowest BCUT2D eigenvalue weighted by Gasteiger charge is -2.33. The normalized spacial score (nSPS) is 19.6. The maximum atomic E-state index is 13.6. The van der Waals surface area contributed by atoms with Crippen LogP contribution in [0.4, 0.5) is 0 Å². The van der Waals surface area contributed by atoms with Crippen LogP contribution >= 0.6 is 0 Å². The van der Waals surface area contributed by atoms with Crippen molar-refractivity contribution in [2.45, 2.75) is 37.1 Å². The molecule has 2 atom stereocenters. The number of carbonyl (C=O) groups excluding carboxylic acids is 3. The molecule has 3 aromatic carbocycles. The maximum Gasteiger partial charge on any atom is 0.339 e. The number of Topliss-reactive ketones (excluding diaryl/α,β-unsaturated/α-hetero) is 1. The van der Waals surface area contributed by atoms with Gasteiger partial charge in [-0.25, -0.2) is 0 Å². The number of hydrogen-bond donors (Lipinski definition) is 1. The Morgan fingerprint density at radius 1 is 0.886 bits per heavy atom. The van der Waals surface area contributed by atoms with E-state index in [1.54, 1.807) is 48.5 Å². The molecule has 2 amide bonds. The predicted octanol–water partition coefficient (Wildman–Crippen LogP) is 4.81. The van der Waals surface area contributed by atoms with E-state index < -0.39 is 45.4 Å². The fourth-order valence-corrected chi connectivity index (χ4v) is 7.16. The summed E-state index contributed by atoms with van der Waals surface area (Å²) in [6, 6.07) is 13.5. The second kappa shape index (κ2) is 11.0. The Morgan fingerprint density at radius 2 is 1.52 bits per heavy atom. The van der Waals surface area contributed by atoms with Gasteiger partial charge < -0.3 is 18.8 Å². The number of allylic oxidation sites excluding steroid dienone is 3. The zero-order chi connectivity index (χ0) is 31.3. The molecule has 0 spiro atoms. The van der Waals surface area contributed by atoms with Gasteiger partial charge in [-0.3, -0.25) is 19.3 Å². The SMILES string of the molecule is COc1c(OS(=O)(=O)c2ccc(C)cc2)cc2c(c1OC)C1=CC=C(O)C(=O)CC1[C@@H](N1C(=O)c3ccccc3C1=O)CC2. The van der Waals surface area contributed by atoms with E-state index in [0.29, 0.717) is 16.7 Å². The molecule has 1 aliphatic heterocycles. The van der Waals surface area contributed by atoms with Gasteiger partial charge in [0.2, 0.25) is 5.75 Å². The molecule has 2 aliphatic carbocycles. The van der Waals surface area contributed by atoms with Crippen molar-refractivity contribution in [3.63, 3.8) is 0 Å². The average Bonchev–Trinajstić information content (AvgIpc) is 3.09. The van der Waals surface area contributed by atoms with E-state index in [2.05, 4.69) is 0 Å². The maximum absolute atomic E-state index is 13.6. The standard InChI is InChI=1S/C33H29NO9S/c1-18-8-11-20(12-9-18)44(39,40)43-28-16-19-10-14-25(34-32(37)22-6-4-5-7-23(22)33(34)38)24-17-27(36)26(35)15-13-21(24)29(19)31(42-3)30(28)41-2/h4-9,11-13,15-16,24-25,35H,10,14,17H2,1-3H3/t24?,25-/m0/s1. The topological polar surface area (TPSA) is 137 Å². The minimum atomic E-state index is -4.27. The molecule has 1 unspecified atom stereocenters. The number of ether oxygens (including phenoxy) is 2.